The number of guanidine groups is 1. The lowest BCUT2D eigenvalue weighted by Gasteiger charge is -2.36. The van der Waals surface area contributed by atoms with Gasteiger partial charge in [0.25, 0.3) is 0 Å². The summed E-state index contributed by atoms with van der Waals surface area (Å²) < 4.78 is 15.6. The Morgan fingerprint density at radius 3 is 2.43 bits per heavy atom. The number of rotatable bonds is 8. The molecule has 2 rings (SSSR count). The van der Waals surface area contributed by atoms with Crippen molar-refractivity contribution in [3.63, 3.8) is 0 Å². The minimum Gasteiger partial charge on any atom is -0.497 e. The molecule has 1 heterocycles. The molecule has 1 aromatic rings. The first-order valence-electron chi connectivity index (χ1n) is 10.1. The standard InChI is InChI=1S/C21H34N4O4.HI/c1-6-22-21(23-14-16(2)20(26)29-5)25-11-9-24(10-12-25)15-17-13-18(27-3)7-8-19(17)28-4;/h7-8,13,16H,6,9-12,14-15H2,1-5H3,(H,22,23);1H. The summed E-state index contributed by atoms with van der Waals surface area (Å²) in [7, 11) is 4.77. The maximum Gasteiger partial charge on any atom is 0.310 e. The topological polar surface area (TPSA) is 75.6 Å². The van der Waals surface area contributed by atoms with Crippen LogP contribution in [0.25, 0.3) is 0 Å². The van der Waals surface area contributed by atoms with E-state index in [1.807, 2.05) is 32.0 Å². The quantitative estimate of drug-likeness (QED) is 0.237. The predicted octanol–water partition coefficient (Wildman–Crippen LogP) is 2.21. The van der Waals surface area contributed by atoms with Gasteiger partial charge in [-0.15, -0.1) is 24.0 Å². The van der Waals surface area contributed by atoms with Gasteiger partial charge in [0.05, 0.1) is 33.8 Å². The zero-order chi connectivity index (χ0) is 21.2. The van der Waals surface area contributed by atoms with E-state index in [9.17, 15) is 4.79 Å². The van der Waals surface area contributed by atoms with Crippen LogP contribution in [0.1, 0.15) is 19.4 Å². The van der Waals surface area contributed by atoms with Gasteiger partial charge in [0, 0.05) is 44.8 Å². The molecule has 1 aliphatic heterocycles. The molecule has 0 radical (unpaired) electrons. The number of methoxy groups -OCH3 is 3. The van der Waals surface area contributed by atoms with Crippen molar-refractivity contribution in [2.45, 2.75) is 20.4 Å². The van der Waals surface area contributed by atoms with Crippen LogP contribution in [0.5, 0.6) is 11.5 Å². The fourth-order valence-corrected chi connectivity index (χ4v) is 3.29. The third-order valence-corrected chi connectivity index (χ3v) is 5.01. The zero-order valence-electron chi connectivity index (χ0n) is 18.6. The van der Waals surface area contributed by atoms with E-state index in [1.54, 1.807) is 14.2 Å². The molecule has 0 aliphatic carbocycles. The Hall–Kier alpha value is -1.75. The van der Waals surface area contributed by atoms with Crippen molar-refractivity contribution in [3.8, 4) is 11.5 Å². The summed E-state index contributed by atoms with van der Waals surface area (Å²) in [6.07, 6.45) is 0. The van der Waals surface area contributed by atoms with Crippen molar-refractivity contribution in [1.29, 1.82) is 0 Å². The molecule has 0 spiro atoms. The number of hydrogen-bond acceptors (Lipinski definition) is 6. The van der Waals surface area contributed by atoms with E-state index in [1.165, 1.54) is 7.11 Å². The smallest absolute Gasteiger partial charge is 0.310 e. The Morgan fingerprint density at radius 2 is 1.87 bits per heavy atom. The molecule has 30 heavy (non-hydrogen) atoms. The van der Waals surface area contributed by atoms with Gasteiger partial charge in [-0.2, -0.15) is 0 Å². The Kier molecular flexibility index (Phi) is 11.9. The Bertz CT molecular complexity index is 694. The number of esters is 1. The van der Waals surface area contributed by atoms with Gasteiger partial charge in [-0.1, -0.05) is 6.92 Å². The number of halogens is 1. The number of nitrogens with zero attached hydrogens (tertiary/aromatic N) is 3. The molecule has 0 aromatic heterocycles. The second-order valence-electron chi connectivity index (χ2n) is 7.06. The average Bonchev–Trinajstić information content (AvgIpc) is 2.76. The monoisotopic (exact) mass is 534 g/mol. The first-order chi connectivity index (χ1) is 14.0. The first-order valence-corrected chi connectivity index (χ1v) is 10.1. The van der Waals surface area contributed by atoms with Crippen LogP contribution in [0, 0.1) is 5.92 Å². The second kappa shape index (κ2) is 13.5. The molecule has 0 bridgehead atoms. The highest BCUT2D eigenvalue weighted by Gasteiger charge is 2.21. The van der Waals surface area contributed by atoms with Gasteiger partial charge >= 0.3 is 5.97 Å². The lowest BCUT2D eigenvalue weighted by Crippen LogP contribution is -2.52. The molecule has 1 N–H and O–H groups in total. The van der Waals surface area contributed by atoms with E-state index in [-0.39, 0.29) is 35.9 Å². The van der Waals surface area contributed by atoms with Crippen LogP contribution >= 0.6 is 24.0 Å². The molecule has 0 saturated carbocycles. The van der Waals surface area contributed by atoms with Gasteiger partial charge in [0.15, 0.2) is 5.96 Å². The molecular formula is C21H35IN4O4. The van der Waals surface area contributed by atoms with Gasteiger partial charge in [-0.25, -0.2) is 0 Å². The van der Waals surface area contributed by atoms with Crippen LogP contribution in [-0.2, 0) is 16.1 Å². The van der Waals surface area contributed by atoms with Crippen molar-refractivity contribution in [2.75, 3.05) is 60.6 Å². The number of nitrogens with one attached hydrogen (secondary N) is 1. The first kappa shape index (κ1) is 26.3. The van der Waals surface area contributed by atoms with E-state index in [2.05, 4.69) is 20.1 Å². The summed E-state index contributed by atoms with van der Waals surface area (Å²) in [5, 5.41) is 3.33. The molecule has 1 unspecified atom stereocenters. The van der Waals surface area contributed by atoms with E-state index in [4.69, 9.17) is 14.2 Å². The summed E-state index contributed by atoms with van der Waals surface area (Å²) in [6.45, 7) is 9.44. The predicted molar refractivity (Wildman–Crippen MR) is 129 cm³/mol. The number of aliphatic imine (C=N–C) groups is 1. The Balaban J connectivity index is 0.00000450. The summed E-state index contributed by atoms with van der Waals surface area (Å²) in [6, 6.07) is 5.89. The molecule has 170 valence electrons. The third-order valence-electron chi connectivity index (χ3n) is 5.01. The normalized spacial score (nSPS) is 15.8. The lowest BCUT2D eigenvalue weighted by molar-refractivity contribution is -0.144. The minimum absolute atomic E-state index is 0. The molecule has 8 nitrogen and oxygen atoms in total. The number of ether oxygens (including phenoxy) is 3. The van der Waals surface area contributed by atoms with Crippen molar-refractivity contribution in [1.82, 2.24) is 15.1 Å². The summed E-state index contributed by atoms with van der Waals surface area (Å²) in [4.78, 5) is 20.9. The molecule has 9 heteroatoms. The van der Waals surface area contributed by atoms with Crippen LogP contribution in [0.2, 0.25) is 0 Å². The van der Waals surface area contributed by atoms with Crippen LogP contribution in [0.4, 0.5) is 0 Å². The molecular weight excluding hydrogens is 499 g/mol. The fourth-order valence-electron chi connectivity index (χ4n) is 3.29. The average molecular weight is 534 g/mol. The number of carbonyl (C=O) groups is 1. The number of benzene rings is 1. The minimum atomic E-state index is -0.254. The van der Waals surface area contributed by atoms with Crippen LogP contribution in [0.15, 0.2) is 23.2 Å². The summed E-state index contributed by atoms with van der Waals surface area (Å²) >= 11 is 0. The summed E-state index contributed by atoms with van der Waals surface area (Å²) in [5.41, 5.74) is 1.12. The van der Waals surface area contributed by atoms with E-state index < -0.39 is 0 Å². The van der Waals surface area contributed by atoms with E-state index in [0.29, 0.717) is 6.54 Å². The van der Waals surface area contributed by atoms with Crippen molar-refractivity contribution in [3.05, 3.63) is 23.8 Å². The van der Waals surface area contributed by atoms with Gasteiger partial charge in [-0.3, -0.25) is 14.7 Å². The largest absolute Gasteiger partial charge is 0.497 e. The van der Waals surface area contributed by atoms with Crippen molar-refractivity contribution >= 4 is 35.9 Å². The second-order valence-corrected chi connectivity index (χ2v) is 7.06. The van der Waals surface area contributed by atoms with Gasteiger partial charge in [0.1, 0.15) is 11.5 Å². The highest BCUT2D eigenvalue weighted by molar-refractivity contribution is 14.0. The van der Waals surface area contributed by atoms with Crippen LogP contribution in [-0.4, -0.2) is 82.3 Å². The zero-order valence-corrected chi connectivity index (χ0v) is 21.0. The molecule has 1 aromatic carbocycles. The fraction of sp³-hybridized carbons (Fsp3) is 0.619. The molecule has 1 saturated heterocycles. The molecule has 1 fully saturated rings. The maximum atomic E-state index is 11.6. The lowest BCUT2D eigenvalue weighted by atomic mass is 10.1. The molecule has 0 amide bonds. The van der Waals surface area contributed by atoms with E-state index in [0.717, 1.165) is 62.3 Å². The highest BCUT2D eigenvalue weighted by Crippen LogP contribution is 2.25. The van der Waals surface area contributed by atoms with Crippen LogP contribution < -0.4 is 14.8 Å². The Morgan fingerprint density at radius 1 is 1.17 bits per heavy atom. The van der Waals surface area contributed by atoms with Gasteiger partial charge < -0.3 is 24.4 Å². The molecule has 1 aliphatic rings. The summed E-state index contributed by atoms with van der Waals surface area (Å²) in [5.74, 6) is 2.07. The number of piperazine rings is 1. The highest BCUT2D eigenvalue weighted by atomic mass is 127. The number of hydrogen-bond donors (Lipinski definition) is 1. The number of carbonyl (C=O) groups excluding carboxylic acids is 1. The van der Waals surface area contributed by atoms with Crippen LogP contribution in [0.3, 0.4) is 0 Å². The Labute approximate surface area is 197 Å². The third kappa shape index (κ3) is 7.50. The SMILES string of the molecule is CCNC(=NCC(C)C(=O)OC)N1CCN(Cc2cc(OC)ccc2OC)CC1.I. The van der Waals surface area contributed by atoms with Crippen molar-refractivity contribution < 1.29 is 19.0 Å². The van der Waals surface area contributed by atoms with Gasteiger partial charge in [-0.05, 0) is 25.1 Å². The molecule has 1 atom stereocenters. The van der Waals surface area contributed by atoms with E-state index >= 15 is 0 Å². The van der Waals surface area contributed by atoms with Gasteiger partial charge in [0.2, 0.25) is 0 Å². The van der Waals surface area contributed by atoms with Crippen molar-refractivity contribution in [2.24, 2.45) is 10.9 Å². The maximum absolute atomic E-state index is 11.6.